The van der Waals surface area contributed by atoms with Gasteiger partial charge in [0.2, 0.25) is 5.78 Å². The fraction of sp³-hybridized carbons (Fsp3) is 0.120. The third-order valence-corrected chi connectivity index (χ3v) is 7.07. The van der Waals surface area contributed by atoms with Crippen molar-refractivity contribution in [3.8, 4) is 0 Å². The second-order valence-electron chi connectivity index (χ2n) is 7.84. The van der Waals surface area contributed by atoms with Crippen LogP contribution in [0.2, 0.25) is 5.02 Å². The Balaban J connectivity index is 1.68. The molecule has 0 spiro atoms. The SMILES string of the molecule is CC(=O)c1sc(N2C(=O)C(O)=C(C(=O)c3cc4ccccc4o3)C2c2cccc(Cl)c2)nc1C. The molecule has 5 rings (SSSR count). The molecule has 2 aromatic heterocycles. The van der Waals surface area contributed by atoms with Gasteiger partial charge in [-0.05, 0) is 36.8 Å². The van der Waals surface area contributed by atoms with Crippen molar-refractivity contribution in [2.24, 2.45) is 0 Å². The minimum atomic E-state index is -1.02. The van der Waals surface area contributed by atoms with Crippen molar-refractivity contribution in [3.05, 3.63) is 92.8 Å². The van der Waals surface area contributed by atoms with Crippen molar-refractivity contribution in [2.45, 2.75) is 19.9 Å². The molecule has 170 valence electrons. The molecule has 0 saturated heterocycles. The molecule has 7 nitrogen and oxygen atoms in total. The van der Waals surface area contributed by atoms with E-state index in [-0.39, 0.29) is 22.2 Å². The quantitative estimate of drug-likeness (QED) is 0.351. The van der Waals surface area contributed by atoms with Gasteiger partial charge in [0.15, 0.2) is 22.4 Å². The van der Waals surface area contributed by atoms with Crippen LogP contribution >= 0.6 is 22.9 Å². The van der Waals surface area contributed by atoms with Crippen molar-refractivity contribution in [2.75, 3.05) is 4.90 Å². The Labute approximate surface area is 202 Å². The number of aryl methyl sites for hydroxylation is 1. The number of carbonyl (C=O) groups is 3. The van der Waals surface area contributed by atoms with Crippen LogP contribution < -0.4 is 4.90 Å². The molecular formula is C25H17ClN2O5S. The predicted molar refractivity (Wildman–Crippen MR) is 129 cm³/mol. The van der Waals surface area contributed by atoms with E-state index >= 15 is 0 Å². The van der Waals surface area contributed by atoms with Crippen LogP contribution in [0.25, 0.3) is 11.0 Å². The first kappa shape index (κ1) is 22.1. The van der Waals surface area contributed by atoms with E-state index in [1.165, 1.54) is 11.8 Å². The Morgan fingerprint density at radius 3 is 2.59 bits per heavy atom. The van der Waals surface area contributed by atoms with Crippen LogP contribution in [0, 0.1) is 6.92 Å². The maximum absolute atomic E-state index is 13.6. The van der Waals surface area contributed by atoms with Gasteiger partial charge in [-0.1, -0.05) is 53.3 Å². The normalized spacial score (nSPS) is 16.0. The average molecular weight is 493 g/mol. The number of aromatic nitrogens is 1. The first-order valence-corrected chi connectivity index (χ1v) is 11.5. The highest BCUT2D eigenvalue weighted by atomic mass is 35.5. The summed E-state index contributed by atoms with van der Waals surface area (Å²) in [7, 11) is 0. The Morgan fingerprint density at radius 2 is 1.91 bits per heavy atom. The third kappa shape index (κ3) is 3.52. The van der Waals surface area contributed by atoms with Gasteiger partial charge in [-0.15, -0.1) is 0 Å². The number of aliphatic hydroxyl groups is 1. The smallest absolute Gasteiger partial charge is 0.296 e. The molecule has 1 amide bonds. The largest absolute Gasteiger partial charge is 0.503 e. The van der Waals surface area contributed by atoms with Crippen LogP contribution in [0.4, 0.5) is 5.13 Å². The number of Topliss-reactive ketones (excluding diaryl/α,β-unsaturated/α-hetero) is 2. The van der Waals surface area contributed by atoms with Gasteiger partial charge in [0.25, 0.3) is 5.91 Å². The number of hydrogen-bond acceptors (Lipinski definition) is 7. The first-order chi connectivity index (χ1) is 16.3. The fourth-order valence-electron chi connectivity index (χ4n) is 4.06. The molecule has 0 radical (unpaired) electrons. The minimum absolute atomic E-state index is 0.0100. The molecule has 4 aromatic rings. The summed E-state index contributed by atoms with van der Waals surface area (Å²) in [6.07, 6.45) is 0. The van der Waals surface area contributed by atoms with E-state index in [0.717, 1.165) is 11.3 Å². The maximum atomic E-state index is 13.6. The molecule has 0 bridgehead atoms. The Morgan fingerprint density at radius 1 is 1.15 bits per heavy atom. The number of rotatable bonds is 5. The van der Waals surface area contributed by atoms with Crippen LogP contribution in [-0.2, 0) is 4.79 Å². The first-order valence-electron chi connectivity index (χ1n) is 10.3. The molecular weight excluding hydrogens is 476 g/mol. The lowest BCUT2D eigenvalue weighted by Gasteiger charge is -2.24. The van der Waals surface area contributed by atoms with Crippen molar-refractivity contribution in [3.63, 3.8) is 0 Å². The van der Waals surface area contributed by atoms with Crippen molar-refractivity contribution >= 4 is 56.5 Å². The number of hydrogen-bond donors (Lipinski definition) is 1. The number of thiazole rings is 1. The zero-order valence-electron chi connectivity index (χ0n) is 18.0. The van der Waals surface area contributed by atoms with Crippen LogP contribution in [0.5, 0.6) is 0 Å². The molecule has 0 saturated carbocycles. The van der Waals surface area contributed by atoms with Gasteiger partial charge in [-0.3, -0.25) is 19.3 Å². The molecule has 1 aliphatic rings. The zero-order chi connectivity index (χ0) is 24.1. The number of aliphatic hydroxyl groups excluding tert-OH is 1. The standard InChI is InChI=1S/C25H17ClN2O5S/c1-12-23(13(2)29)34-25(27-12)28-20(15-7-5-8-16(26)10-15)19(22(31)24(28)32)21(30)18-11-14-6-3-4-9-17(14)33-18/h3-11,20,31H,1-2H3. The fourth-order valence-corrected chi connectivity index (χ4v) is 5.25. The number of furan rings is 1. The number of nitrogens with zero attached hydrogens (tertiary/aromatic N) is 2. The lowest BCUT2D eigenvalue weighted by atomic mass is 9.95. The highest BCUT2D eigenvalue weighted by molar-refractivity contribution is 7.17. The summed E-state index contributed by atoms with van der Waals surface area (Å²) in [5, 5.41) is 12.2. The summed E-state index contributed by atoms with van der Waals surface area (Å²) < 4.78 is 5.72. The number of amides is 1. The topological polar surface area (TPSA) is 101 Å². The van der Waals surface area contributed by atoms with Crippen molar-refractivity contribution < 1.29 is 23.9 Å². The Kier molecular flexibility index (Phi) is 5.34. The van der Waals surface area contributed by atoms with Gasteiger partial charge >= 0.3 is 0 Å². The molecule has 3 heterocycles. The van der Waals surface area contributed by atoms with E-state index < -0.39 is 23.5 Å². The van der Waals surface area contributed by atoms with Gasteiger partial charge in [0.05, 0.1) is 22.2 Å². The lowest BCUT2D eigenvalue weighted by molar-refractivity contribution is -0.117. The van der Waals surface area contributed by atoms with Crippen LogP contribution in [0.1, 0.15) is 44.4 Å². The number of benzene rings is 2. The highest BCUT2D eigenvalue weighted by Gasteiger charge is 2.46. The predicted octanol–water partition coefficient (Wildman–Crippen LogP) is 5.84. The van der Waals surface area contributed by atoms with Crippen LogP contribution in [0.3, 0.4) is 0 Å². The summed E-state index contributed by atoms with van der Waals surface area (Å²) in [6, 6.07) is 14.3. The van der Waals surface area contributed by atoms with Crippen LogP contribution in [-0.4, -0.2) is 27.6 Å². The Bertz CT molecular complexity index is 1500. The summed E-state index contributed by atoms with van der Waals surface area (Å²) in [5.41, 5.74) is 1.32. The summed E-state index contributed by atoms with van der Waals surface area (Å²) in [5.74, 6) is -2.33. The number of carbonyl (C=O) groups excluding carboxylic acids is 3. The molecule has 1 N–H and O–H groups in total. The van der Waals surface area contributed by atoms with E-state index in [0.29, 0.717) is 32.1 Å². The van der Waals surface area contributed by atoms with Gasteiger partial charge in [-0.25, -0.2) is 4.98 Å². The van der Waals surface area contributed by atoms with E-state index in [2.05, 4.69) is 4.98 Å². The monoisotopic (exact) mass is 492 g/mol. The summed E-state index contributed by atoms with van der Waals surface area (Å²) in [6.45, 7) is 3.08. The lowest BCUT2D eigenvalue weighted by Crippen LogP contribution is -2.31. The van der Waals surface area contributed by atoms with Gasteiger partial charge in [-0.2, -0.15) is 0 Å². The zero-order valence-corrected chi connectivity index (χ0v) is 19.6. The molecule has 2 aromatic carbocycles. The second-order valence-corrected chi connectivity index (χ2v) is 9.25. The molecule has 1 unspecified atom stereocenters. The number of halogens is 1. The Hall–Kier alpha value is -3.75. The van der Waals surface area contributed by atoms with Crippen molar-refractivity contribution in [1.82, 2.24) is 4.98 Å². The molecule has 1 aliphatic heterocycles. The van der Waals surface area contributed by atoms with E-state index in [1.807, 2.05) is 6.07 Å². The highest BCUT2D eigenvalue weighted by Crippen LogP contribution is 2.44. The molecule has 1 atom stereocenters. The number of fused-ring (bicyclic) bond motifs is 1. The minimum Gasteiger partial charge on any atom is -0.503 e. The number of ketones is 2. The van der Waals surface area contributed by atoms with Gasteiger partial charge < -0.3 is 9.52 Å². The van der Waals surface area contributed by atoms with E-state index in [1.54, 1.807) is 55.5 Å². The molecule has 0 aliphatic carbocycles. The molecule has 34 heavy (non-hydrogen) atoms. The van der Waals surface area contributed by atoms with E-state index in [4.69, 9.17) is 16.0 Å². The summed E-state index contributed by atoms with van der Waals surface area (Å²) in [4.78, 5) is 44.9. The van der Waals surface area contributed by atoms with Crippen LogP contribution in [0.15, 0.2) is 70.3 Å². The average Bonchev–Trinajstić information content (AvgIpc) is 3.47. The van der Waals surface area contributed by atoms with Gasteiger partial charge in [0, 0.05) is 17.3 Å². The molecule has 0 fully saturated rings. The summed E-state index contributed by atoms with van der Waals surface area (Å²) >= 11 is 7.24. The number of para-hydroxylation sites is 1. The van der Waals surface area contributed by atoms with Gasteiger partial charge in [0.1, 0.15) is 5.58 Å². The third-order valence-electron chi connectivity index (χ3n) is 5.58. The van der Waals surface area contributed by atoms with E-state index in [9.17, 15) is 19.5 Å². The second kappa shape index (κ2) is 8.23. The maximum Gasteiger partial charge on any atom is 0.296 e. The number of anilines is 1. The molecule has 9 heteroatoms. The van der Waals surface area contributed by atoms with Crippen molar-refractivity contribution in [1.29, 1.82) is 0 Å².